The van der Waals surface area contributed by atoms with E-state index in [2.05, 4.69) is 5.32 Å². The van der Waals surface area contributed by atoms with Crippen LogP contribution in [0.2, 0.25) is 0 Å². The van der Waals surface area contributed by atoms with Crippen molar-refractivity contribution in [3.8, 4) is 23.0 Å². The van der Waals surface area contributed by atoms with Gasteiger partial charge in [0.1, 0.15) is 0 Å². The van der Waals surface area contributed by atoms with Crippen molar-refractivity contribution in [2.24, 2.45) is 0 Å². The van der Waals surface area contributed by atoms with Crippen molar-refractivity contribution in [2.45, 2.75) is 38.0 Å². The van der Waals surface area contributed by atoms with Gasteiger partial charge in [-0.05, 0) is 60.2 Å². The number of phenolic OH excluding ortho intramolecular Hbond substituents is 1. The van der Waals surface area contributed by atoms with Crippen LogP contribution in [0, 0.1) is 0 Å². The first-order valence-corrected chi connectivity index (χ1v) is 13.9. The Labute approximate surface area is 245 Å². The summed E-state index contributed by atoms with van der Waals surface area (Å²) in [6.45, 7) is 2.01. The lowest BCUT2D eigenvalue weighted by molar-refractivity contribution is -0.139. The van der Waals surface area contributed by atoms with Gasteiger partial charge in [-0.2, -0.15) is 0 Å². The topological polar surface area (TPSA) is 103 Å². The van der Waals surface area contributed by atoms with Crippen LogP contribution in [0.15, 0.2) is 89.3 Å². The molecule has 1 aliphatic heterocycles. The van der Waals surface area contributed by atoms with E-state index in [1.807, 2.05) is 55.5 Å². The second-order valence-electron chi connectivity index (χ2n) is 10.4. The zero-order valence-electron chi connectivity index (χ0n) is 24.2. The van der Waals surface area contributed by atoms with Crippen LogP contribution in [-0.2, 0) is 20.7 Å². The Kier molecular flexibility index (Phi) is 8.52. The smallest absolute Gasteiger partial charge is 0.336 e. The first kappa shape index (κ1) is 28.8. The molecule has 1 heterocycles. The van der Waals surface area contributed by atoms with E-state index in [0.29, 0.717) is 52.5 Å². The van der Waals surface area contributed by atoms with Gasteiger partial charge in [-0.15, -0.1) is 0 Å². The predicted octanol–water partition coefficient (Wildman–Crippen LogP) is 5.57. The number of ether oxygens (including phenoxy) is 4. The minimum absolute atomic E-state index is 0.0726. The summed E-state index contributed by atoms with van der Waals surface area (Å²) >= 11 is 0. The SMILES string of the molecule is COc1ccc([C@H]2C(C(=O)OCCc3ccccc3)=C(C)NC3=C2C(=O)C[C@H](c2ccc(OC)c(OC)c2)C3)cc1O. The number of ketones is 1. The van der Waals surface area contributed by atoms with Crippen molar-refractivity contribution in [1.82, 2.24) is 5.32 Å². The molecule has 5 rings (SSSR count). The number of benzene rings is 3. The average Bonchev–Trinajstić information content (AvgIpc) is 3.00. The number of nitrogens with one attached hydrogen (secondary N) is 1. The lowest BCUT2D eigenvalue weighted by Gasteiger charge is -2.37. The highest BCUT2D eigenvalue weighted by Crippen LogP contribution is 2.47. The molecule has 0 spiro atoms. The number of hydrogen-bond donors (Lipinski definition) is 2. The summed E-state index contributed by atoms with van der Waals surface area (Å²) < 4.78 is 21.9. The number of phenols is 1. The van der Waals surface area contributed by atoms with Gasteiger partial charge in [0.15, 0.2) is 28.8 Å². The van der Waals surface area contributed by atoms with Gasteiger partial charge in [0.2, 0.25) is 0 Å². The largest absolute Gasteiger partial charge is 0.504 e. The fourth-order valence-electron chi connectivity index (χ4n) is 5.86. The van der Waals surface area contributed by atoms with Crippen molar-refractivity contribution < 1.29 is 33.6 Å². The average molecular weight is 570 g/mol. The highest BCUT2D eigenvalue weighted by molar-refractivity contribution is 6.04. The van der Waals surface area contributed by atoms with Gasteiger partial charge < -0.3 is 29.4 Å². The normalized spacial score (nSPS) is 18.2. The van der Waals surface area contributed by atoms with Crippen LogP contribution in [0.25, 0.3) is 0 Å². The number of hydrogen-bond acceptors (Lipinski definition) is 8. The van der Waals surface area contributed by atoms with E-state index in [0.717, 1.165) is 16.8 Å². The molecule has 0 amide bonds. The molecule has 0 aromatic heterocycles. The molecule has 0 unspecified atom stereocenters. The number of carbonyl (C=O) groups excluding carboxylic acids is 2. The number of rotatable bonds is 9. The molecule has 2 N–H and O–H groups in total. The second-order valence-corrected chi connectivity index (χ2v) is 10.4. The molecule has 8 heteroatoms. The lowest BCUT2D eigenvalue weighted by atomic mass is 9.71. The van der Waals surface area contributed by atoms with Crippen LogP contribution in [0.3, 0.4) is 0 Å². The first-order valence-electron chi connectivity index (χ1n) is 13.9. The van der Waals surface area contributed by atoms with Gasteiger partial charge in [0.05, 0.1) is 33.5 Å². The number of dihydropyridines is 1. The summed E-state index contributed by atoms with van der Waals surface area (Å²) in [7, 11) is 4.64. The van der Waals surface area contributed by atoms with Gasteiger partial charge >= 0.3 is 5.97 Å². The molecule has 0 radical (unpaired) electrons. The third-order valence-corrected chi connectivity index (χ3v) is 7.93. The van der Waals surface area contributed by atoms with Gasteiger partial charge in [0.25, 0.3) is 0 Å². The standard InChI is InChI=1S/C34H35NO7/c1-20-31(34(38)42-15-14-21-8-6-5-7-9-21)32(23-11-12-28(39-2)26(36)17-23)33-25(35-20)16-24(18-27(33)37)22-10-13-29(40-3)30(19-22)41-4/h5-13,17,19,24,32,35-36H,14-16,18H2,1-4H3/t24-,32+/m1/s1. The van der Waals surface area contributed by atoms with Crippen molar-refractivity contribution in [1.29, 1.82) is 0 Å². The third-order valence-electron chi connectivity index (χ3n) is 7.93. The molecule has 2 aliphatic rings. The van der Waals surface area contributed by atoms with Crippen LogP contribution in [-0.4, -0.2) is 44.8 Å². The van der Waals surface area contributed by atoms with Crippen LogP contribution in [0.1, 0.15) is 48.3 Å². The molecule has 3 aromatic carbocycles. The molecule has 0 bridgehead atoms. The Hall–Kier alpha value is -4.72. The van der Waals surface area contributed by atoms with Gasteiger partial charge in [-0.25, -0.2) is 4.79 Å². The molecule has 218 valence electrons. The number of allylic oxidation sites excluding steroid dienone is 3. The molecule has 0 fully saturated rings. The maximum absolute atomic E-state index is 13.9. The van der Waals surface area contributed by atoms with Crippen molar-refractivity contribution >= 4 is 11.8 Å². The zero-order valence-corrected chi connectivity index (χ0v) is 24.2. The van der Waals surface area contributed by atoms with Crippen molar-refractivity contribution in [2.75, 3.05) is 27.9 Å². The lowest BCUT2D eigenvalue weighted by Crippen LogP contribution is -2.36. The van der Waals surface area contributed by atoms with Crippen LogP contribution >= 0.6 is 0 Å². The number of methoxy groups -OCH3 is 3. The van der Waals surface area contributed by atoms with Crippen LogP contribution < -0.4 is 19.5 Å². The minimum Gasteiger partial charge on any atom is -0.504 e. The Morgan fingerprint density at radius 2 is 1.57 bits per heavy atom. The number of carbonyl (C=O) groups is 2. The molecular formula is C34H35NO7. The Morgan fingerprint density at radius 3 is 2.26 bits per heavy atom. The quantitative estimate of drug-likeness (QED) is 0.323. The molecule has 0 saturated carbocycles. The summed E-state index contributed by atoms with van der Waals surface area (Å²) in [6, 6.07) is 20.5. The van der Waals surface area contributed by atoms with Gasteiger partial charge in [-0.1, -0.05) is 42.5 Å². The predicted molar refractivity (Wildman–Crippen MR) is 158 cm³/mol. The summed E-state index contributed by atoms with van der Waals surface area (Å²) in [5.41, 5.74) is 4.85. The van der Waals surface area contributed by atoms with E-state index >= 15 is 0 Å². The fourth-order valence-corrected chi connectivity index (χ4v) is 5.86. The van der Waals surface area contributed by atoms with E-state index in [4.69, 9.17) is 18.9 Å². The summed E-state index contributed by atoms with van der Waals surface area (Å²) in [4.78, 5) is 27.6. The van der Waals surface area contributed by atoms with E-state index < -0.39 is 11.9 Å². The van der Waals surface area contributed by atoms with Crippen LogP contribution in [0.4, 0.5) is 0 Å². The summed E-state index contributed by atoms with van der Waals surface area (Å²) in [5.74, 6) is 0.0645. The zero-order chi connectivity index (χ0) is 29.8. The first-order chi connectivity index (χ1) is 20.3. The van der Waals surface area contributed by atoms with Crippen LogP contribution in [0.5, 0.6) is 23.0 Å². The number of aromatic hydroxyl groups is 1. The van der Waals surface area contributed by atoms with Gasteiger partial charge in [-0.3, -0.25) is 4.79 Å². The Balaban J connectivity index is 1.49. The third kappa shape index (κ3) is 5.70. The van der Waals surface area contributed by atoms with Crippen molar-refractivity contribution in [3.63, 3.8) is 0 Å². The maximum atomic E-state index is 13.9. The molecule has 0 saturated heterocycles. The molecule has 42 heavy (non-hydrogen) atoms. The molecular weight excluding hydrogens is 534 g/mol. The summed E-state index contributed by atoms with van der Waals surface area (Å²) in [6.07, 6.45) is 1.38. The Bertz CT molecular complexity index is 1560. The van der Waals surface area contributed by atoms with Crippen molar-refractivity contribution in [3.05, 3.63) is 106 Å². The molecule has 3 aromatic rings. The molecule has 8 nitrogen and oxygen atoms in total. The number of Topliss-reactive ketones (excluding diaryl/α,β-unsaturated/α-hetero) is 1. The second kappa shape index (κ2) is 12.4. The fraction of sp³-hybridized carbons (Fsp3) is 0.294. The van der Waals surface area contributed by atoms with E-state index in [9.17, 15) is 14.7 Å². The maximum Gasteiger partial charge on any atom is 0.336 e. The summed E-state index contributed by atoms with van der Waals surface area (Å²) in [5, 5.41) is 14.0. The monoisotopic (exact) mass is 569 g/mol. The minimum atomic E-state index is -0.707. The number of esters is 1. The molecule has 2 atom stereocenters. The molecule has 1 aliphatic carbocycles. The van der Waals surface area contributed by atoms with E-state index in [1.54, 1.807) is 32.4 Å². The Morgan fingerprint density at radius 1 is 0.881 bits per heavy atom. The highest BCUT2D eigenvalue weighted by atomic mass is 16.5. The van der Waals surface area contributed by atoms with E-state index in [1.165, 1.54) is 7.11 Å². The highest BCUT2D eigenvalue weighted by Gasteiger charge is 2.41. The van der Waals surface area contributed by atoms with Gasteiger partial charge in [0, 0.05) is 35.7 Å². The van der Waals surface area contributed by atoms with E-state index in [-0.39, 0.29) is 30.5 Å².